The second kappa shape index (κ2) is 9.90. The van der Waals surface area contributed by atoms with Crippen LogP contribution in [0.25, 0.3) is 10.6 Å². The van der Waals surface area contributed by atoms with Crippen LogP contribution >= 0.6 is 11.3 Å². The summed E-state index contributed by atoms with van der Waals surface area (Å²) < 4.78 is 5.38. The van der Waals surface area contributed by atoms with E-state index in [4.69, 9.17) is 4.74 Å². The zero-order chi connectivity index (χ0) is 20.5. The third-order valence-electron chi connectivity index (χ3n) is 3.50. The highest BCUT2D eigenvalue weighted by molar-refractivity contribution is 7.18. The molecule has 8 nitrogen and oxygen atoms in total. The number of rotatable bonds is 7. The van der Waals surface area contributed by atoms with Crippen LogP contribution in [0.4, 0.5) is 5.13 Å². The van der Waals surface area contributed by atoms with Gasteiger partial charge in [-0.1, -0.05) is 54.3 Å². The number of hydrogen-bond acceptors (Lipinski definition) is 7. The van der Waals surface area contributed by atoms with E-state index in [1.807, 2.05) is 30.3 Å². The predicted molar refractivity (Wildman–Crippen MR) is 112 cm³/mol. The fraction of sp³-hybridized carbons (Fsp3) is 0.0500. The molecule has 0 aliphatic heterocycles. The molecule has 1 aromatic heterocycles. The predicted octanol–water partition coefficient (Wildman–Crippen LogP) is 2.86. The molecule has 0 fully saturated rings. The van der Waals surface area contributed by atoms with Crippen molar-refractivity contribution in [3.63, 3.8) is 0 Å². The quantitative estimate of drug-likeness (QED) is 0.271. The standard InChI is InChI=1S/C20H17N5O3S/c1-2-12-28-16-10-8-14(9-11-16)13-21-23-18(27)17(26)22-20-25-24-19(29-20)15-6-4-3-5-7-15/h2-11,13H,1,12H2,(H,23,27)(H,22,25,26)/b21-13-. The van der Waals surface area contributed by atoms with Gasteiger partial charge in [0, 0.05) is 5.56 Å². The van der Waals surface area contributed by atoms with Crippen LogP contribution in [-0.4, -0.2) is 34.8 Å². The lowest BCUT2D eigenvalue weighted by Gasteiger charge is -2.02. The summed E-state index contributed by atoms with van der Waals surface area (Å²) >= 11 is 1.17. The zero-order valence-electron chi connectivity index (χ0n) is 15.2. The van der Waals surface area contributed by atoms with Gasteiger partial charge in [-0.25, -0.2) is 5.43 Å². The molecule has 2 amide bonds. The highest BCUT2D eigenvalue weighted by atomic mass is 32.1. The number of hydrazone groups is 1. The van der Waals surface area contributed by atoms with Crippen molar-refractivity contribution in [1.29, 1.82) is 0 Å². The number of benzene rings is 2. The van der Waals surface area contributed by atoms with Crippen molar-refractivity contribution in [2.24, 2.45) is 5.10 Å². The van der Waals surface area contributed by atoms with Crippen molar-refractivity contribution < 1.29 is 14.3 Å². The van der Waals surface area contributed by atoms with Gasteiger partial charge in [0.1, 0.15) is 17.4 Å². The molecule has 0 saturated heterocycles. The first-order chi connectivity index (χ1) is 14.2. The van der Waals surface area contributed by atoms with E-state index in [2.05, 4.69) is 32.6 Å². The van der Waals surface area contributed by atoms with Crippen LogP contribution in [0.1, 0.15) is 5.56 Å². The number of carbonyl (C=O) groups is 2. The van der Waals surface area contributed by atoms with E-state index in [0.717, 1.165) is 11.1 Å². The number of nitrogens with one attached hydrogen (secondary N) is 2. The Hall–Kier alpha value is -3.85. The molecular weight excluding hydrogens is 390 g/mol. The van der Waals surface area contributed by atoms with Gasteiger partial charge in [0.25, 0.3) is 0 Å². The van der Waals surface area contributed by atoms with Crippen LogP contribution in [0, 0.1) is 0 Å². The number of amides is 2. The molecule has 0 atom stereocenters. The van der Waals surface area contributed by atoms with Crippen molar-refractivity contribution in [2.75, 3.05) is 11.9 Å². The Morgan fingerprint density at radius 2 is 1.83 bits per heavy atom. The molecule has 2 N–H and O–H groups in total. The van der Waals surface area contributed by atoms with E-state index in [1.54, 1.807) is 30.3 Å². The van der Waals surface area contributed by atoms with E-state index in [9.17, 15) is 9.59 Å². The summed E-state index contributed by atoms with van der Waals surface area (Å²) in [7, 11) is 0. The highest BCUT2D eigenvalue weighted by Crippen LogP contribution is 2.25. The third-order valence-corrected chi connectivity index (χ3v) is 4.39. The van der Waals surface area contributed by atoms with Crippen LogP contribution in [0.3, 0.4) is 0 Å². The molecule has 3 rings (SSSR count). The maximum Gasteiger partial charge on any atom is 0.329 e. The van der Waals surface area contributed by atoms with Crippen molar-refractivity contribution in [3.05, 3.63) is 72.8 Å². The Bertz CT molecular complexity index is 1020. The van der Waals surface area contributed by atoms with E-state index < -0.39 is 11.8 Å². The lowest BCUT2D eigenvalue weighted by atomic mass is 10.2. The van der Waals surface area contributed by atoms with Gasteiger partial charge in [-0.3, -0.25) is 14.9 Å². The van der Waals surface area contributed by atoms with Crippen molar-refractivity contribution in [3.8, 4) is 16.3 Å². The van der Waals surface area contributed by atoms with Crippen LogP contribution < -0.4 is 15.5 Å². The van der Waals surface area contributed by atoms with E-state index >= 15 is 0 Å². The second-order valence-corrected chi connectivity index (χ2v) is 6.58. The molecule has 0 saturated carbocycles. The van der Waals surface area contributed by atoms with Crippen LogP contribution in [0.15, 0.2) is 72.4 Å². The molecule has 146 valence electrons. The summed E-state index contributed by atoms with van der Waals surface area (Å²) in [5.41, 5.74) is 3.77. The number of ether oxygens (including phenoxy) is 1. The Morgan fingerprint density at radius 1 is 1.07 bits per heavy atom. The van der Waals surface area contributed by atoms with Crippen LogP contribution in [-0.2, 0) is 9.59 Å². The third kappa shape index (κ3) is 5.81. The summed E-state index contributed by atoms with van der Waals surface area (Å²) in [6.45, 7) is 4.00. The first-order valence-corrected chi connectivity index (χ1v) is 9.34. The molecule has 0 spiro atoms. The summed E-state index contributed by atoms with van der Waals surface area (Å²) in [6.07, 6.45) is 3.07. The minimum Gasteiger partial charge on any atom is -0.490 e. The average molecular weight is 407 g/mol. The van der Waals surface area contributed by atoms with Gasteiger partial charge in [0.15, 0.2) is 0 Å². The molecule has 0 radical (unpaired) electrons. The van der Waals surface area contributed by atoms with Gasteiger partial charge < -0.3 is 4.74 Å². The van der Waals surface area contributed by atoms with Crippen molar-refractivity contribution >= 4 is 34.5 Å². The maximum atomic E-state index is 12.0. The van der Waals surface area contributed by atoms with Gasteiger partial charge in [-0.05, 0) is 29.8 Å². The van der Waals surface area contributed by atoms with Crippen molar-refractivity contribution in [2.45, 2.75) is 0 Å². The average Bonchev–Trinajstić information content (AvgIpc) is 3.22. The zero-order valence-corrected chi connectivity index (χ0v) is 16.1. The van der Waals surface area contributed by atoms with Gasteiger partial charge in [-0.15, -0.1) is 10.2 Å². The molecule has 2 aromatic carbocycles. The van der Waals surface area contributed by atoms with Gasteiger partial charge in [-0.2, -0.15) is 5.10 Å². The number of aromatic nitrogens is 2. The minimum atomic E-state index is -0.913. The van der Waals surface area contributed by atoms with Crippen molar-refractivity contribution in [1.82, 2.24) is 15.6 Å². The largest absolute Gasteiger partial charge is 0.490 e. The fourth-order valence-electron chi connectivity index (χ4n) is 2.15. The molecule has 1 heterocycles. The monoisotopic (exact) mass is 407 g/mol. The Morgan fingerprint density at radius 3 is 2.55 bits per heavy atom. The maximum absolute atomic E-state index is 12.0. The topological polar surface area (TPSA) is 106 Å². The molecule has 0 unspecified atom stereocenters. The smallest absolute Gasteiger partial charge is 0.329 e. The number of carbonyl (C=O) groups excluding carboxylic acids is 2. The summed E-state index contributed by atoms with van der Waals surface area (Å²) in [4.78, 5) is 23.8. The normalized spacial score (nSPS) is 10.5. The molecule has 3 aromatic rings. The minimum absolute atomic E-state index is 0.225. The lowest BCUT2D eigenvalue weighted by Crippen LogP contribution is -2.32. The highest BCUT2D eigenvalue weighted by Gasteiger charge is 2.16. The first kappa shape index (κ1) is 19.9. The lowest BCUT2D eigenvalue weighted by molar-refractivity contribution is -0.136. The van der Waals surface area contributed by atoms with E-state index in [1.165, 1.54) is 17.6 Å². The first-order valence-electron chi connectivity index (χ1n) is 8.53. The second-order valence-electron chi connectivity index (χ2n) is 5.60. The number of anilines is 1. The Balaban J connectivity index is 1.50. The molecule has 9 heteroatoms. The number of nitrogens with zero attached hydrogens (tertiary/aromatic N) is 3. The van der Waals surface area contributed by atoms with Gasteiger partial charge >= 0.3 is 11.8 Å². The Labute approximate surface area is 170 Å². The summed E-state index contributed by atoms with van der Waals surface area (Å²) in [5, 5.41) is 14.9. The SMILES string of the molecule is C=CCOc1ccc(/C=N\NC(=O)C(=O)Nc2nnc(-c3ccccc3)s2)cc1. The summed E-state index contributed by atoms with van der Waals surface area (Å²) in [5.74, 6) is -1.10. The van der Waals surface area contributed by atoms with Gasteiger partial charge in [0.05, 0.1) is 6.21 Å². The summed E-state index contributed by atoms with van der Waals surface area (Å²) in [6, 6.07) is 16.5. The molecular formula is C20H17N5O3S. The molecule has 0 bridgehead atoms. The van der Waals surface area contributed by atoms with Crippen LogP contribution in [0.2, 0.25) is 0 Å². The number of hydrogen-bond donors (Lipinski definition) is 2. The van der Waals surface area contributed by atoms with E-state index in [-0.39, 0.29) is 5.13 Å². The van der Waals surface area contributed by atoms with Crippen LogP contribution in [0.5, 0.6) is 5.75 Å². The molecule has 29 heavy (non-hydrogen) atoms. The fourth-order valence-corrected chi connectivity index (χ4v) is 2.89. The molecule has 0 aliphatic rings. The molecule has 0 aliphatic carbocycles. The van der Waals surface area contributed by atoms with E-state index in [0.29, 0.717) is 17.4 Å². The Kier molecular flexibility index (Phi) is 6.80. The van der Waals surface area contributed by atoms with Gasteiger partial charge in [0.2, 0.25) is 5.13 Å².